The number of carboxylic acid groups (broad SMARTS) is 1. The fourth-order valence-corrected chi connectivity index (χ4v) is 3.05. The lowest BCUT2D eigenvalue weighted by molar-refractivity contribution is -0.144. The number of aliphatic carboxylic acids is 1. The Hall–Kier alpha value is -1.79. The minimum absolute atomic E-state index is 0.136. The first-order valence-corrected chi connectivity index (χ1v) is 8.72. The Morgan fingerprint density at radius 3 is 2.72 bits per heavy atom. The van der Waals surface area contributed by atoms with Gasteiger partial charge in [-0.25, -0.2) is 4.79 Å². The van der Waals surface area contributed by atoms with E-state index in [4.69, 9.17) is 16.3 Å². The molecule has 2 N–H and O–H groups in total. The number of rotatable bonds is 4. The first-order valence-electron chi connectivity index (χ1n) is 8.34. The summed E-state index contributed by atoms with van der Waals surface area (Å²) in [5, 5.41) is 13.5. The molecule has 0 spiro atoms. The topological polar surface area (TPSA) is 78.9 Å². The molecule has 1 aromatic carbocycles. The summed E-state index contributed by atoms with van der Waals surface area (Å²) in [6.07, 6.45) is 0.0867. The van der Waals surface area contributed by atoms with Gasteiger partial charge < -0.3 is 20.1 Å². The molecule has 2 atom stereocenters. The SMILES string of the molecule is CC(C)(C)OC(=O)N1CCC(NCc2cccc(Cl)c2)C(C(=O)O)C1. The van der Waals surface area contributed by atoms with E-state index in [9.17, 15) is 14.7 Å². The molecule has 2 unspecified atom stereocenters. The molecule has 1 amide bonds. The first kappa shape index (κ1) is 19.5. The molecule has 25 heavy (non-hydrogen) atoms. The number of ether oxygens (including phenoxy) is 1. The lowest BCUT2D eigenvalue weighted by atomic mass is 9.92. The highest BCUT2D eigenvalue weighted by Crippen LogP contribution is 2.21. The highest BCUT2D eigenvalue weighted by atomic mass is 35.5. The highest BCUT2D eigenvalue weighted by Gasteiger charge is 2.37. The number of benzene rings is 1. The molecule has 0 aliphatic carbocycles. The van der Waals surface area contributed by atoms with Crippen LogP contribution in [0.2, 0.25) is 5.02 Å². The fraction of sp³-hybridized carbons (Fsp3) is 0.556. The zero-order valence-electron chi connectivity index (χ0n) is 14.8. The average molecular weight is 369 g/mol. The second-order valence-electron chi connectivity index (χ2n) is 7.28. The van der Waals surface area contributed by atoms with Gasteiger partial charge in [0.15, 0.2) is 0 Å². The second kappa shape index (κ2) is 8.06. The largest absolute Gasteiger partial charge is 0.481 e. The number of piperidine rings is 1. The molecule has 6 nitrogen and oxygen atoms in total. The predicted molar refractivity (Wildman–Crippen MR) is 95.6 cm³/mol. The molecule has 1 aliphatic rings. The van der Waals surface area contributed by atoms with Gasteiger partial charge in [-0.05, 0) is 44.9 Å². The number of carboxylic acids is 1. The van der Waals surface area contributed by atoms with E-state index >= 15 is 0 Å². The Labute approximate surface area is 153 Å². The van der Waals surface area contributed by atoms with Crippen molar-refractivity contribution in [3.63, 3.8) is 0 Å². The van der Waals surface area contributed by atoms with Gasteiger partial charge in [0.2, 0.25) is 0 Å². The molecule has 2 rings (SSSR count). The molecule has 0 radical (unpaired) electrons. The number of carbonyl (C=O) groups excluding carboxylic acids is 1. The molecular weight excluding hydrogens is 344 g/mol. The minimum atomic E-state index is -0.920. The van der Waals surface area contributed by atoms with Crippen LogP contribution in [0.3, 0.4) is 0 Å². The van der Waals surface area contributed by atoms with E-state index in [1.807, 2.05) is 18.2 Å². The molecular formula is C18H25ClN2O4. The molecule has 1 aromatic rings. The molecule has 1 saturated heterocycles. The van der Waals surface area contributed by atoms with Gasteiger partial charge in [-0.15, -0.1) is 0 Å². The Morgan fingerprint density at radius 1 is 1.40 bits per heavy atom. The van der Waals surface area contributed by atoms with Gasteiger partial charge in [-0.1, -0.05) is 23.7 Å². The molecule has 0 bridgehead atoms. The van der Waals surface area contributed by atoms with Crippen LogP contribution in [0.15, 0.2) is 24.3 Å². The van der Waals surface area contributed by atoms with Crippen molar-refractivity contribution in [3.05, 3.63) is 34.9 Å². The molecule has 0 aromatic heterocycles. The Balaban J connectivity index is 1.97. The summed E-state index contributed by atoms with van der Waals surface area (Å²) < 4.78 is 5.34. The van der Waals surface area contributed by atoms with Gasteiger partial charge in [-0.3, -0.25) is 4.79 Å². The van der Waals surface area contributed by atoms with Crippen LogP contribution in [0.1, 0.15) is 32.8 Å². The molecule has 1 fully saturated rings. The quantitative estimate of drug-likeness (QED) is 0.853. The van der Waals surface area contributed by atoms with Crippen LogP contribution < -0.4 is 5.32 Å². The molecule has 7 heteroatoms. The first-order chi connectivity index (χ1) is 11.7. The van der Waals surface area contributed by atoms with Crippen LogP contribution in [0, 0.1) is 5.92 Å². The molecule has 0 saturated carbocycles. The number of nitrogens with one attached hydrogen (secondary N) is 1. The summed E-state index contributed by atoms with van der Waals surface area (Å²) in [4.78, 5) is 25.3. The van der Waals surface area contributed by atoms with Gasteiger partial charge in [0.1, 0.15) is 5.60 Å². The van der Waals surface area contributed by atoms with Crippen LogP contribution >= 0.6 is 11.6 Å². The van der Waals surface area contributed by atoms with E-state index < -0.39 is 23.6 Å². The number of hydrogen-bond acceptors (Lipinski definition) is 4. The summed E-state index contributed by atoms with van der Waals surface area (Å²) in [6.45, 7) is 6.50. The zero-order chi connectivity index (χ0) is 18.6. The average Bonchev–Trinajstić information content (AvgIpc) is 2.51. The minimum Gasteiger partial charge on any atom is -0.481 e. The van der Waals surface area contributed by atoms with Crippen molar-refractivity contribution < 1.29 is 19.4 Å². The predicted octanol–water partition coefficient (Wildman–Crippen LogP) is 3.14. The van der Waals surface area contributed by atoms with Crippen LogP contribution in [0.4, 0.5) is 4.79 Å². The molecule has 138 valence electrons. The van der Waals surface area contributed by atoms with E-state index in [0.717, 1.165) is 5.56 Å². The van der Waals surface area contributed by atoms with Gasteiger partial charge in [0.25, 0.3) is 0 Å². The maximum absolute atomic E-state index is 12.2. The van der Waals surface area contributed by atoms with Crippen LogP contribution in [-0.4, -0.2) is 46.8 Å². The third kappa shape index (κ3) is 5.90. The maximum atomic E-state index is 12.2. The lowest BCUT2D eigenvalue weighted by Gasteiger charge is -2.37. The van der Waals surface area contributed by atoms with E-state index in [-0.39, 0.29) is 12.6 Å². The van der Waals surface area contributed by atoms with Crippen molar-refractivity contribution in [2.75, 3.05) is 13.1 Å². The lowest BCUT2D eigenvalue weighted by Crippen LogP contribution is -2.54. The van der Waals surface area contributed by atoms with E-state index in [0.29, 0.717) is 24.5 Å². The van der Waals surface area contributed by atoms with E-state index in [2.05, 4.69) is 5.32 Å². The highest BCUT2D eigenvalue weighted by molar-refractivity contribution is 6.30. The van der Waals surface area contributed by atoms with Crippen LogP contribution in [0.5, 0.6) is 0 Å². The van der Waals surface area contributed by atoms with Gasteiger partial charge in [0, 0.05) is 30.7 Å². The van der Waals surface area contributed by atoms with Crippen molar-refractivity contribution in [1.82, 2.24) is 10.2 Å². The van der Waals surface area contributed by atoms with Gasteiger partial charge in [-0.2, -0.15) is 0 Å². The standard InChI is InChI=1S/C18H25ClN2O4/c1-18(2,3)25-17(24)21-8-7-15(14(11-21)16(22)23)20-10-12-5-4-6-13(19)9-12/h4-6,9,14-15,20H,7-8,10-11H2,1-3H3,(H,22,23). The number of halogens is 1. The maximum Gasteiger partial charge on any atom is 0.410 e. The van der Waals surface area contributed by atoms with Crippen molar-refractivity contribution in [3.8, 4) is 0 Å². The third-order valence-electron chi connectivity index (χ3n) is 4.04. The van der Waals surface area contributed by atoms with Crippen molar-refractivity contribution >= 4 is 23.7 Å². The molecule has 1 heterocycles. The van der Waals surface area contributed by atoms with Crippen molar-refractivity contribution in [2.24, 2.45) is 5.92 Å². The summed E-state index contributed by atoms with van der Waals surface area (Å²) >= 11 is 5.97. The van der Waals surface area contributed by atoms with E-state index in [1.165, 1.54) is 4.90 Å². The third-order valence-corrected chi connectivity index (χ3v) is 4.27. The molecule has 1 aliphatic heterocycles. The zero-order valence-corrected chi connectivity index (χ0v) is 15.5. The van der Waals surface area contributed by atoms with Crippen molar-refractivity contribution in [2.45, 2.75) is 45.4 Å². The smallest absolute Gasteiger partial charge is 0.410 e. The fourth-order valence-electron chi connectivity index (χ4n) is 2.83. The summed E-state index contributed by atoms with van der Waals surface area (Å²) in [6, 6.07) is 7.23. The number of carbonyl (C=O) groups is 2. The van der Waals surface area contributed by atoms with Gasteiger partial charge in [0.05, 0.1) is 5.92 Å². The summed E-state index contributed by atoms with van der Waals surface area (Å²) in [5.74, 6) is -1.60. The summed E-state index contributed by atoms with van der Waals surface area (Å²) in [7, 11) is 0. The second-order valence-corrected chi connectivity index (χ2v) is 7.71. The van der Waals surface area contributed by atoms with Crippen LogP contribution in [0.25, 0.3) is 0 Å². The number of likely N-dealkylation sites (tertiary alicyclic amines) is 1. The number of nitrogens with zero attached hydrogens (tertiary/aromatic N) is 1. The number of hydrogen-bond donors (Lipinski definition) is 2. The van der Waals surface area contributed by atoms with Crippen molar-refractivity contribution in [1.29, 1.82) is 0 Å². The Kier molecular flexibility index (Phi) is 6.30. The van der Waals surface area contributed by atoms with Gasteiger partial charge >= 0.3 is 12.1 Å². The van der Waals surface area contributed by atoms with Crippen LogP contribution in [-0.2, 0) is 16.1 Å². The van der Waals surface area contributed by atoms with E-state index in [1.54, 1.807) is 26.8 Å². The normalized spacial score (nSPS) is 21.0. The monoisotopic (exact) mass is 368 g/mol. The summed E-state index contributed by atoms with van der Waals surface area (Å²) in [5.41, 5.74) is 0.392. The number of amides is 1. The Morgan fingerprint density at radius 2 is 2.12 bits per heavy atom. The Bertz CT molecular complexity index is 630.